The van der Waals surface area contributed by atoms with E-state index in [1.807, 2.05) is 66.9 Å². The first-order valence-corrected chi connectivity index (χ1v) is 13.7. The predicted octanol–water partition coefficient (Wildman–Crippen LogP) is 7.48. The lowest BCUT2D eigenvalue weighted by Gasteiger charge is -2.18. The summed E-state index contributed by atoms with van der Waals surface area (Å²) in [7, 11) is 1.54. The number of aromatic amines is 1. The van der Waals surface area contributed by atoms with Gasteiger partial charge in [0.15, 0.2) is 0 Å². The van der Waals surface area contributed by atoms with Gasteiger partial charge in [-0.15, -0.1) is 0 Å². The fourth-order valence-electron chi connectivity index (χ4n) is 5.37. The fraction of sp³-hybridized carbons (Fsp3) is 0.0857. The van der Waals surface area contributed by atoms with Gasteiger partial charge in [-0.25, -0.2) is 4.39 Å². The van der Waals surface area contributed by atoms with Crippen LogP contribution in [0.3, 0.4) is 0 Å². The molecule has 0 spiro atoms. The van der Waals surface area contributed by atoms with Crippen molar-refractivity contribution < 1.29 is 13.9 Å². The Hall–Kier alpha value is -5.43. The lowest BCUT2D eigenvalue weighted by atomic mass is 9.94. The zero-order valence-electron chi connectivity index (χ0n) is 22.9. The SMILES string of the molecule is COc1cc(F)cc(-c2cccc3[nH]c(C4=NNCc5ccc(-c6cncc(OCc7ccccc7)c6)cc54)cc23)c1. The van der Waals surface area contributed by atoms with Gasteiger partial charge in [-0.1, -0.05) is 54.6 Å². The number of hydrazone groups is 1. The Morgan fingerprint density at radius 3 is 2.55 bits per heavy atom. The van der Waals surface area contributed by atoms with Gasteiger partial charge in [0.05, 0.1) is 25.5 Å². The Kier molecular flexibility index (Phi) is 6.60. The van der Waals surface area contributed by atoms with E-state index >= 15 is 0 Å². The summed E-state index contributed by atoms with van der Waals surface area (Å²) < 4.78 is 25.7. The smallest absolute Gasteiger partial charge is 0.138 e. The van der Waals surface area contributed by atoms with Crippen molar-refractivity contribution in [3.63, 3.8) is 0 Å². The van der Waals surface area contributed by atoms with E-state index in [1.54, 1.807) is 6.20 Å². The largest absolute Gasteiger partial charge is 0.497 e. The zero-order valence-corrected chi connectivity index (χ0v) is 22.9. The van der Waals surface area contributed by atoms with Crippen LogP contribution in [0.1, 0.15) is 22.4 Å². The van der Waals surface area contributed by atoms with E-state index in [0.717, 1.165) is 61.3 Å². The first-order chi connectivity index (χ1) is 20.6. The molecule has 6 nitrogen and oxygen atoms in total. The summed E-state index contributed by atoms with van der Waals surface area (Å²) in [6.45, 7) is 1.11. The van der Waals surface area contributed by atoms with Crippen LogP contribution < -0.4 is 14.9 Å². The Bertz CT molecular complexity index is 1950. The Morgan fingerprint density at radius 2 is 1.67 bits per heavy atom. The molecule has 7 rings (SSSR count). The van der Waals surface area contributed by atoms with Crippen LogP contribution in [0.25, 0.3) is 33.2 Å². The monoisotopic (exact) mass is 554 g/mol. The van der Waals surface area contributed by atoms with Crippen LogP contribution in [0.2, 0.25) is 0 Å². The van der Waals surface area contributed by atoms with E-state index in [2.05, 4.69) is 39.7 Å². The van der Waals surface area contributed by atoms with Gasteiger partial charge in [0.25, 0.3) is 0 Å². The highest BCUT2D eigenvalue weighted by Crippen LogP contribution is 2.34. The predicted molar refractivity (Wildman–Crippen MR) is 163 cm³/mol. The lowest BCUT2D eigenvalue weighted by molar-refractivity contribution is 0.305. The van der Waals surface area contributed by atoms with Gasteiger partial charge in [0.1, 0.15) is 29.6 Å². The quantitative estimate of drug-likeness (QED) is 0.215. The van der Waals surface area contributed by atoms with Crippen molar-refractivity contribution in [3.8, 4) is 33.8 Å². The molecule has 0 atom stereocenters. The number of hydrogen-bond acceptors (Lipinski definition) is 5. The van der Waals surface area contributed by atoms with Crippen LogP contribution >= 0.6 is 0 Å². The van der Waals surface area contributed by atoms with E-state index in [4.69, 9.17) is 14.6 Å². The highest BCUT2D eigenvalue weighted by molar-refractivity contribution is 6.16. The number of methoxy groups -OCH3 is 1. The number of H-pyrrole nitrogens is 1. The average Bonchev–Trinajstić information content (AvgIpc) is 3.48. The third-order valence-corrected chi connectivity index (χ3v) is 7.46. The number of aromatic nitrogens is 2. The molecule has 0 saturated heterocycles. The second-order valence-corrected chi connectivity index (χ2v) is 10.2. The summed E-state index contributed by atoms with van der Waals surface area (Å²) in [6, 6.07) is 31.2. The Balaban J connectivity index is 1.23. The highest BCUT2D eigenvalue weighted by atomic mass is 19.1. The molecule has 0 aliphatic carbocycles. The molecule has 0 saturated carbocycles. The molecule has 2 N–H and O–H groups in total. The summed E-state index contributed by atoms with van der Waals surface area (Å²) >= 11 is 0. The Morgan fingerprint density at radius 1 is 0.786 bits per heavy atom. The van der Waals surface area contributed by atoms with Crippen LogP contribution in [0, 0.1) is 5.82 Å². The van der Waals surface area contributed by atoms with E-state index < -0.39 is 0 Å². The molecule has 3 heterocycles. The number of pyridine rings is 1. The van der Waals surface area contributed by atoms with Crippen LogP contribution in [0.5, 0.6) is 11.5 Å². The summed E-state index contributed by atoms with van der Waals surface area (Å²) in [5.74, 6) is 0.842. The molecule has 0 fully saturated rings. The number of fused-ring (bicyclic) bond motifs is 2. The molecule has 1 aliphatic heterocycles. The van der Waals surface area contributed by atoms with Crippen LogP contribution in [-0.4, -0.2) is 22.8 Å². The van der Waals surface area contributed by atoms with Gasteiger partial charge in [-0.2, -0.15) is 5.10 Å². The number of nitrogens with one attached hydrogen (secondary N) is 2. The van der Waals surface area contributed by atoms with Gasteiger partial charge in [-0.05, 0) is 64.2 Å². The van der Waals surface area contributed by atoms with Crippen LogP contribution in [0.4, 0.5) is 4.39 Å². The zero-order chi connectivity index (χ0) is 28.5. The standard InChI is InChI=1S/C35H27FN4O2/c1-41-28-13-25(12-27(36)16-28)30-8-5-9-33-32(30)17-34(39-33)35-31-15-23(10-11-24(31)19-38-40-35)26-14-29(20-37-18-26)42-21-22-6-3-2-4-7-22/h2-18,20,38-39H,19,21H2,1H3. The molecule has 0 bridgehead atoms. The lowest BCUT2D eigenvalue weighted by Crippen LogP contribution is -2.21. The van der Waals surface area contributed by atoms with E-state index in [-0.39, 0.29) is 5.82 Å². The van der Waals surface area contributed by atoms with Crippen molar-refractivity contribution in [1.82, 2.24) is 15.4 Å². The molecule has 1 aliphatic rings. The highest BCUT2D eigenvalue weighted by Gasteiger charge is 2.20. The molecule has 0 unspecified atom stereocenters. The summed E-state index contributed by atoms with van der Waals surface area (Å²) in [5, 5.41) is 5.68. The molecule has 2 aromatic heterocycles. The number of halogens is 1. The maximum absolute atomic E-state index is 14.4. The second kappa shape index (κ2) is 10.9. The van der Waals surface area contributed by atoms with Crippen molar-refractivity contribution in [3.05, 3.63) is 138 Å². The van der Waals surface area contributed by atoms with Crippen molar-refractivity contribution in [1.29, 1.82) is 0 Å². The third-order valence-electron chi connectivity index (χ3n) is 7.46. The van der Waals surface area contributed by atoms with Crippen LogP contribution in [0.15, 0.2) is 115 Å². The van der Waals surface area contributed by atoms with Crippen LogP contribution in [-0.2, 0) is 13.2 Å². The topological polar surface area (TPSA) is 71.5 Å². The molecule has 6 aromatic rings. The van der Waals surface area contributed by atoms with Gasteiger partial charge >= 0.3 is 0 Å². The molecular formula is C35H27FN4O2. The average molecular weight is 555 g/mol. The van der Waals surface area contributed by atoms with Crippen molar-refractivity contribution in [2.24, 2.45) is 5.10 Å². The van der Waals surface area contributed by atoms with Crippen molar-refractivity contribution in [2.45, 2.75) is 13.2 Å². The summed E-state index contributed by atoms with van der Waals surface area (Å²) in [6.07, 6.45) is 3.58. The van der Waals surface area contributed by atoms with Crippen molar-refractivity contribution >= 4 is 16.6 Å². The minimum Gasteiger partial charge on any atom is -0.497 e. The minimum atomic E-state index is -0.344. The number of hydrogen-bond donors (Lipinski definition) is 2. The first kappa shape index (κ1) is 25.5. The number of ether oxygens (including phenoxy) is 2. The van der Waals surface area contributed by atoms with E-state index in [9.17, 15) is 4.39 Å². The van der Waals surface area contributed by atoms with E-state index in [0.29, 0.717) is 24.7 Å². The van der Waals surface area contributed by atoms with Gasteiger partial charge < -0.3 is 19.9 Å². The normalized spacial score (nSPS) is 12.4. The molecule has 0 amide bonds. The van der Waals surface area contributed by atoms with Gasteiger partial charge in [-0.3, -0.25) is 4.98 Å². The first-order valence-electron chi connectivity index (χ1n) is 13.7. The molecule has 206 valence electrons. The molecule has 4 aromatic carbocycles. The van der Waals surface area contributed by atoms with Crippen molar-refractivity contribution in [2.75, 3.05) is 7.11 Å². The minimum absolute atomic E-state index is 0.344. The maximum atomic E-state index is 14.4. The maximum Gasteiger partial charge on any atom is 0.138 e. The second-order valence-electron chi connectivity index (χ2n) is 10.2. The third kappa shape index (κ3) is 4.97. The number of rotatable bonds is 7. The van der Waals surface area contributed by atoms with Gasteiger partial charge in [0.2, 0.25) is 0 Å². The molecular weight excluding hydrogens is 527 g/mol. The summed E-state index contributed by atoms with van der Waals surface area (Å²) in [4.78, 5) is 7.97. The van der Waals surface area contributed by atoms with Gasteiger partial charge in [0, 0.05) is 34.3 Å². The number of nitrogens with zero attached hydrogens (tertiary/aromatic N) is 2. The molecule has 0 radical (unpaired) electrons. The molecule has 7 heteroatoms. The Labute approximate surface area is 242 Å². The van der Waals surface area contributed by atoms with E-state index in [1.165, 1.54) is 19.2 Å². The summed E-state index contributed by atoms with van der Waals surface area (Å²) in [5.41, 5.74) is 12.7. The number of benzene rings is 4. The fourth-order valence-corrected chi connectivity index (χ4v) is 5.37. The molecule has 42 heavy (non-hydrogen) atoms.